The zero-order valence-electron chi connectivity index (χ0n) is 9.60. The van der Waals surface area contributed by atoms with Crippen LogP contribution in [0.1, 0.15) is 6.42 Å². The molecule has 0 unspecified atom stereocenters. The molecule has 0 atom stereocenters. The van der Waals surface area contributed by atoms with E-state index >= 15 is 0 Å². The van der Waals surface area contributed by atoms with Gasteiger partial charge in [-0.15, -0.1) is 0 Å². The second-order valence-electron chi connectivity index (χ2n) is 3.35. The number of nitrogens with one attached hydrogen (secondary N) is 1. The van der Waals surface area contributed by atoms with E-state index in [1.807, 2.05) is 0 Å². The summed E-state index contributed by atoms with van der Waals surface area (Å²) in [5.41, 5.74) is 0. The predicted molar refractivity (Wildman–Crippen MR) is 67.6 cm³/mol. The number of rotatable bonds is 8. The van der Waals surface area contributed by atoms with Crippen LogP contribution in [0.15, 0.2) is 17.3 Å². The van der Waals surface area contributed by atoms with Gasteiger partial charge < -0.3 is 4.74 Å². The van der Waals surface area contributed by atoms with Crippen molar-refractivity contribution in [3.05, 3.63) is 12.3 Å². The number of sulfonamides is 1. The van der Waals surface area contributed by atoms with E-state index in [9.17, 15) is 8.42 Å². The first-order valence-electron chi connectivity index (χ1n) is 5.19. The number of aromatic nitrogens is 2. The molecule has 0 aromatic carbocycles. The van der Waals surface area contributed by atoms with Crippen molar-refractivity contribution in [2.75, 3.05) is 25.1 Å². The number of halogens is 1. The van der Waals surface area contributed by atoms with Crippen LogP contribution in [0.25, 0.3) is 0 Å². The highest BCUT2D eigenvalue weighted by Crippen LogP contribution is 2.05. The smallest absolute Gasteiger partial charge is 0.257 e. The molecule has 1 N–H and O–H groups in total. The molecule has 0 saturated heterocycles. The fraction of sp³-hybridized carbons (Fsp3) is 0.667. The van der Waals surface area contributed by atoms with Crippen LogP contribution in [-0.2, 0) is 21.8 Å². The van der Waals surface area contributed by atoms with Gasteiger partial charge in [0.2, 0.25) is 0 Å². The molecule has 17 heavy (non-hydrogen) atoms. The Morgan fingerprint density at radius 2 is 2.29 bits per heavy atom. The molecule has 0 aliphatic carbocycles. The van der Waals surface area contributed by atoms with Crippen molar-refractivity contribution in [2.45, 2.75) is 11.4 Å². The summed E-state index contributed by atoms with van der Waals surface area (Å²) in [4.78, 5) is 0. The quantitative estimate of drug-likeness (QED) is 0.558. The molecule has 1 heterocycles. The molecule has 0 bridgehead atoms. The van der Waals surface area contributed by atoms with E-state index in [2.05, 4.69) is 25.8 Å². The summed E-state index contributed by atoms with van der Waals surface area (Å²) in [5, 5.41) is 4.77. The average molecular weight is 326 g/mol. The summed E-state index contributed by atoms with van der Waals surface area (Å²) in [6.07, 6.45) is 2.09. The van der Waals surface area contributed by atoms with Gasteiger partial charge in [0, 0.05) is 25.5 Å². The van der Waals surface area contributed by atoms with Gasteiger partial charge >= 0.3 is 0 Å². The molecule has 1 rings (SSSR count). The second-order valence-corrected chi connectivity index (χ2v) is 5.85. The lowest BCUT2D eigenvalue weighted by Crippen LogP contribution is -2.27. The highest BCUT2D eigenvalue weighted by Gasteiger charge is 2.16. The fourth-order valence-corrected chi connectivity index (χ4v) is 2.66. The molecule has 0 aliphatic rings. The number of nitrogens with zero attached hydrogens (tertiary/aromatic N) is 2. The molecular weight excluding hydrogens is 310 g/mol. The molecule has 6 nitrogen and oxygen atoms in total. The fourth-order valence-electron chi connectivity index (χ4n) is 1.24. The third-order valence-corrected chi connectivity index (χ3v) is 3.89. The maximum atomic E-state index is 11.8. The SMILES string of the molecule is Cn1nccc1S(=O)(=O)NCCCOCCBr. The zero-order valence-corrected chi connectivity index (χ0v) is 12.0. The highest BCUT2D eigenvalue weighted by molar-refractivity contribution is 9.09. The third kappa shape index (κ3) is 4.74. The normalized spacial score (nSPS) is 11.9. The summed E-state index contributed by atoms with van der Waals surface area (Å²) in [6.45, 7) is 1.53. The van der Waals surface area contributed by atoms with Crippen LogP contribution >= 0.6 is 15.9 Å². The van der Waals surface area contributed by atoms with Gasteiger partial charge in [-0.2, -0.15) is 5.10 Å². The molecule has 1 aromatic heterocycles. The van der Waals surface area contributed by atoms with E-state index in [-0.39, 0.29) is 5.03 Å². The van der Waals surface area contributed by atoms with Gasteiger partial charge in [-0.3, -0.25) is 4.68 Å². The lowest BCUT2D eigenvalue weighted by Gasteiger charge is -2.06. The van der Waals surface area contributed by atoms with Crippen LogP contribution in [0.5, 0.6) is 0 Å². The van der Waals surface area contributed by atoms with Gasteiger partial charge in [-0.25, -0.2) is 13.1 Å². The molecule has 0 aliphatic heterocycles. The minimum absolute atomic E-state index is 0.166. The number of ether oxygens (including phenoxy) is 1. The van der Waals surface area contributed by atoms with Crippen molar-refractivity contribution in [3.8, 4) is 0 Å². The Morgan fingerprint density at radius 1 is 1.53 bits per heavy atom. The molecule has 0 spiro atoms. The lowest BCUT2D eigenvalue weighted by molar-refractivity contribution is 0.149. The number of alkyl halides is 1. The summed E-state index contributed by atoms with van der Waals surface area (Å²) < 4.78 is 32.6. The number of aryl methyl sites for hydroxylation is 1. The predicted octanol–water partition coefficient (Wildman–Crippen LogP) is 0.500. The Morgan fingerprint density at radius 3 is 2.88 bits per heavy atom. The summed E-state index contributed by atoms with van der Waals surface area (Å²) in [5.74, 6) is 0. The van der Waals surface area contributed by atoms with E-state index in [1.54, 1.807) is 7.05 Å². The molecular formula is C9H16BrN3O3S. The van der Waals surface area contributed by atoms with Gasteiger partial charge in [0.05, 0.1) is 12.8 Å². The standard InChI is InChI=1S/C9H16BrN3O3S/c1-13-9(3-6-11-13)17(14,15)12-5-2-7-16-8-4-10/h3,6,12H,2,4-5,7-8H2,1H3. The zero-order chi connectivity index (χ0) is 12.7. The van der Waals surface area contributed by atoms with Crippen molar-refractivity contribution >= 4 is 26.0 Å². The van der Waals surface area contributed by atoms with Crippen molar-refractivity contribution in [3.63, 3.8) is 0 Å². The molecule has 0 fully saturated rings. The summed E-state index contributed by atoms with van der Waals surface area (Å²) in [6, 6.07) is 1.46. The Balaban J connectivity index is 2.34. The van der Waals surface area contributed by atoms with Crippen molar-refractivity contribution < 1.29 is 13.2 Å². The van der Waals surface area contributed by atoms with Gasteiger partial charge in [-0.05, 0) is 12.5 Å². The van der Waals surface area contributed by atoms with E-state index < -0.39 is 10.0 Å². The maximum Gasteiger partial charge on any atom is 0.257 e. The van der Waals surface area contributed by atoms with Crippen LogP contribution in [0.4, 0.5) is 0 Å². The van der Waals surface area contributed by atoms with Crippen LogP contribution < -0.4 is 4.72 Å². The van der Waals surface area contributed by atoms with Gasteiger partial charge in [0.15, 0.2) is 5.03 Å². The van der Waals surface area contributed by atoms with Crippen molar-refractivity contribution in [1.29, 1.82) is 0 Å². The Kier molecular flexibility index (Phi) is 6.10. The minimum Gasteiger partial charge on any atom is -0.381 e. The number of hydrogen-bond acceptors (Lipinski definition) is 4. The second kappa shape index (κ2) is 7.10. The molecule has 0 radical (unpaired) electrons. The largest absolute Gasteiger partial charge is 0.381 e. The monoisotopic (exact) mass is 325 g/mol. The van der Waals surface area contributed by atoms with Crippen LogP contribution in [0.2, 0.25) is 0 Å². The molecule has 98 valence electrons. The van der Waals surface area contributed by atoms with E-state index in [0.717, 1.165) is 5.33 Å². The highest BCUT2D eigenvalue weighted by atomic mass is 79.9. The van der Waals surface area contributed by atoms with E-state index in [1.165, 1.54) is 16.9 Å². The number of hydrogen-bond donors (Lipinski definition) is 1. The Bertz CT molecular complexity index is 432. The molecule has 0 amide bonds. The topological polar surface area (TPSA) is 73.2 Å². The van der Waals surface area contributed by atoms with E-state index in [4.69, 9.17) is 4.74 Å². The lowest BCUT2D eigenvalue weighted by atomic mass is 10.5. The van der Waals surface area contributed by atoms with Gasteiger partial charge in [0.1, 0.15) is 0 Å². The van der Waals surface area contributed by atoms with Crippen LogP contribution in [0.3, 0.4) is 0 Å². The first-order chi connectivity index (χ1) is 8.08. The average Bonchev–Trinajstić information content (AvgIpc) is 2.70. The third-order valence-electron chi connectivity index (χ3n) is 2.03. The summed E-state index contributed by atoms with van der Waals surface area (Å²) >= 11 is 3.24. The van der Waals surface area contributed by atoms with Crippen LogP contribution in [0, 0.1) is 0 Å². The summed E-state index contributed by atoms with van der Waals surface area (Å²) in [7, 11) is -1.86. The van der Waals surface area contributed by atoms with Crippen LogP contribution in [-0.4, -0.2) is 43.3 Å². The van der Waals surface area contributed by atoms with E-state index in [0.29, 0.717) is 26.2 Å². The minimum atomic E-state index is -3.45. The first-order valence-corrected chi connectivity index (χ1v) is 7.80. The Hall–Kier alpha value is -0.440. The molecule has 8 heteroatoms. The molecule has 1 aromatic rings. The molecule has 0 saturated carbocycles. The van der Waals surface area contributed by atoms with Crippen molar-refractivity contribution in [2.24, 2.45) is 7.05 Å². The van der Waals surface area contributed by atoms with Gasteiger partial charge in [0.25, 0.3) is 10.0 Å². The van der Waals surface area contributed by atoms with Gasteiger partial charge in [-0.1, -0.05) is 15.9 Å². The maximum absolute atomic E-state index is 11.8. The first kappa shape index (κ1) is 14.6. The Labute approximate surface area is 110 Å². The van der Waals surface area contributed by atoms with Crippen molar-refractivity contribution in [1.82, 2.24) is 14.5 Å².